The molecule has 3 N–H and O–H groups in total. The van der Waals surface area contributed by atoms with Gasteiger partial charge in [0.05, 0.1) is 5.69 Å². The van der Waals surface area contributed by atoms with E-state index in [0.29, 0.717) is 17.8 Å². The lowest BCUT2D eigenvalue weighted by molar-refractivity contribution is -0.123. The third-order valence-electron chi connectivity index (χ3n) is 3.10. The zero-order valence-corrected chi connectivity index (χ0v) is 11.3. The van der Waals surface area contributed by atoms with Gasteiger partial charge in [-0.1, -0.05) is 27.7 Å². The van der Waals surface area contributed by atoms with Gasteiger partial charge in [-0.05, 0) is 24.0 Å². The van der Waals surface area contributed by atoms with Crippen molar-refractivity contribution in [3.8, 4) is 5.75 Å². The van der Waals surface area contributed by atoms with Crippen LogP contribution >= 0.6 is 0 Å². The summed E-state index contributed by atoms with van der Waals surface area (Å²) in [6.07, 6.45) is 0.237. The topological polar surface area (TPSA) is 64.3 Å². The number of amides is 1. The van der Waals surface area contributed by atoms with E-state index in [4.69, 9.17) is 10.5 Å². The van der Waals surface area contributed by atoms with E-state index in [-0.39, 0.29) is 11.3 Å². The summed E-state index contributed by atoms with van der Waals surface area (Å²) < 4.78 is 5.84. The van der Waals surface area contributed by atoms with Crippen molar-refractivity contribution in [1.82, 2.24) is 0 Å². The quantitative estimate of drug-likeness (QED) is 0.751. The molecule has 18 heavy (non-hydrogen) atoms. The van der Waals surface area contributed by atoms with Crippen molar-refractivity contribution in [2.24, 2.45) is 0 Å². The number of anilines is 2. The number of nitrogen functional groups attached to an aromatic ring is 1. The van der Waals surface area contributed by atoms with Gasteiger partial charge in [-0.25, -0.2) is 0 Å². The fraction of sp³-hybridized carbons (Fsp3) is 0.500. The van der Waals surface area contributed by atoms with Crippen LogP contribution in [0.5, 0.6) is 5.75 Å². The van der Waals surface area contributed by atoms with Gasteiger partial charge < -0.3 is 15.8 Å². The van der Waals surface area contributed by atoms with Gasteiger partial charge in [-0.2, -0.15) is 0 Å². The van der Waals surface area contributed by atoms with Crippen molar-refractivity contribution in [2.45, 2.75) is 45.6 Å². The molecule has 98 valence electrons. The number of ether oxygens (including phenoxy) is 1. The number of rotatable bonds is 1. The van der Waals surface area contributed by atoms with Gasteiger partial charge in [0.25, 0.3) is 5.91 Å². The lowest BCUT2D eigenvalue weighted by atomic mass is 9.85. The van der Waals surface area contributed by atoms with E-state index in [1.807, 2.05) is 13.0 Å². The Morgan fingerprint density at radius 2 is 2.06 bits per heavy atom. The molecule has 0 radical (unpaired) electrons. The normalized spacial score (nSPS) is 18.9. The van der Waals surface area contributed by atoms with Crippen LogP contribution in [0.4, 0.5) is 11.4 Å². The molecule has 1 amide bonds. The van der Waals surface area contributed by atoms with Crippen LogP contribution in [0.1, 0.15) is 39.7 Å². The standard InChI is InChI=1S/C14H20N2O2/c1-5-11-13(17)16-10-7-8(15)6-9(12(10)18-11)14(2,3)4/h6-7,11H,5,15H2,1-4H3,(H,16,17). The highest BCUT2D eigenvalue weighted by Gasteiger charge is 2.31. The number of nitrogens with two attached hydrogens (primary N) is 1. The Labute approximate surface area is 108 Å². The minimum atomic E-state index is -0.415. The van der Waals surface area contributed by atoms with Gasteiger partial charge in [-0.3, -0.25) is 4.79 Å². The first-order valence-electron chi connectivity index (χ1n) is 6.24. The monoisotopic (exact) mass is 248 g/mol. The summed E-state index contributed by atoms with van der Waals surface area (Å²) in [5.41, 5.74) is 8.14. The highest BCUT2D eigenvalue weighted by atomic mass is 16.5. The molecule has 1 aromatic rings. The molecule has 1 aromatic carbocycles. The van der Waals surface area contributed by atoms with Crippen LogP contribution in [0.2, 0.25) is 0 Å². The SMILES string of the molecule is CCC1Oc2c(cc(N)cc2C(C)(C)C)NC1=O. The molecule has 0 saturated carbocycles. The van der Waals surface area contributed by atoms with E-state index in [0.717, 1.165) is 11.3 Å². The first kappa shape index (κ1) is 12.7. The molecule has 1 atom stereocenters. The van der Waals surface area contributed by atoms with E-state index in [2.05, 4.69) is 26.1 Å². The van der Waals surface area contributed by atoms with E-state index in [1.165, 1.54) is 0 Å². The molecule has 0 bridgehead atoms. The van der Waals surface area contributed by atoms with E-state index in [9.17, 15) is 4.79 Å². The third kappa shape index (κ3) is 2.15. The van der Waals surface area contributed by atoms with Gasteiger partial charge in [0, 0.05) is 11.3 Å². The van der Waals surface area contributed by atoms with Crippen LogP contribution in [-0.2, 0) is 10.2 Å². The maximum absolute atomic E-state index is 11.8. The van der Waals surface area contributed by atoms with Gasteiger partial charge in [0.15, 0.2) is 6.10 Å². The van der Waals surface area contributed by atoms with E-state index >= 15 is 0 Å². The van der Waals surface area contributed by atoms with Crippen LogP contribution in [0, 0.1) is 0 Å². The third-order valence-corrected chi connectivity index (χ3v) is 3.10. The molecule has 1 aliphatic rings. The number of carbonyl (C=O) groups is 1. The second-order valence-corrected chi connectivity index (χ2v) is 5.70. The van der Waals surface area contributed by atoms with Crippen molar-refractivity contribution in [1.29, 1.82) is 0 Å². The molecule has 1 heterocycles. The van der Waals surface area contributed by atoms with Crippen LogP contribution in [-0.4, -0.2) is 12.0 Å². The molecular weight excluding hydrogens is 228 g/mol. The van der Waals surface area contributed by atoms with Crippen LogP contribution in [0.25, 0.3) is 0 Å². The lowest BCUT2D eigenvalue weighted by Crippen LogP contribution is -2.37. The van der Waals surface area contributed by atoms with E-state index < -0.39 is 6.10 Å². The molecule has 4 nitrogen and oxygen atoms in total. The van der Waals surface area contributed by atoms with Gasteiger partial charge >= 0.3 is 0 Å². The number of hydrogen-bond acceptors (Lipinski definition) is 3. The Morgan fingerprint density at radius 1 is 1.39 bits per heavy atom. The number of fused-ring (bicyclic) bond motifs is 1. The predicted molar refractivity (Wildman–Crippen MR) is 72.9 cm³/mol. The smallest absolute Gasteiger partial charge is 0.265 e. The maximum atomic E-state index is 11.8. The molecule has 1 unspecified atom stereocenters. The van der Waals surface area contributed by atoms with Crippen molar-refractivity contribution in [3.05, 3.63) is 17.7 Å². The van der Waals surface area contributed by atoms with Crippen LogP contribution < -0.4 is 15.8 Å². The Hall–Kier alpha value is -1.71. The average Bonchev–Trinajstić information content (AvgIpc) is 2.25. The second-order valence-electron chi connectivity index (χ2n) is 5.70. The summed E-state index contributed by atoms with van der Waals surface area (Å²) in [7, 11) is 0. The molecule has 0 saturated heterocycles. The molecule has 4 heteroatoms. The Kier molecular flexibility index (Phi) is 2.97. The molecule has 0 fully saturated rings. The zero-order chi connectivity index (χ0) is 13.5. The molecule has 0 aromatic heterocycles. The zero-order valence-electron chi connectivity index (χ0n) is 11.3. The Morgan fingerprint density at radius 3 is 2.61 bits per heavy atom. The molecule has 0 aliphatic carbocycles. The van der Waals surface area contributed by atoms with Crippen molar-refractivity contribution < 1.29 is 9.53 Å². The number of nitrogens with one attached hydrogen (secondary N) is 1. The summed E-state index contributed by atoms with van der Waals surface area (Å²) in [5, 5.41) is 2.87. The summed E-state index contributed by atoms with van der Waals surface area (Å²) in [6.45, 7) is 8.23. The first-order chi connectivity index (χ1) is 8.32. The Balaban J connectivity index is 2.56. The van der Waals surface area contributed by atoms with Gasteiger partial charge in [0.1, 0.15) is 5.75 Å². The minimum Gasteiger partial charge on any atom is -0.478 e. The molecule has 2 rings (SSSR count). The molecular formula is C14H20N2O2. The summed E-state index contributed by atoms with van der Waals surface area (Å²) in [5.74, 6) is 0.651. The Bertz CT molecular complexity index is 489. The van der Waals surface area contributed by atoms with Crippen molar-refractivity contribution >= 4 is 17.3 Å². The summed E-state index contributed by atoms with van der Waals surface area (Å²) in [4.78, 5) is 11.8. The second kappa shape index (κ2) is 4.19. The van der Waals surface area contributed by atoms with Crippen LogP contribution in [0.3, 0.4) is 0 Å². The lowest BCUT2D eigenvalue weighted by Gasteiger charge is -2.31. The fourth-order valence-corrected chi connectivity index (χ4v) is 2.11. The highest BCUT2D eigenvalue weighted by molar-refractivity contribution is 5.98. The minimum absolute atomic E-state index is 0.0835. The fourth-order valence-electron chi connectivity index (χ4n) is 2.11. The average molecular weight is 248 g/mol. The van der Waals surface area contributed by atoms with Crippen molar-refractivity contribution in [3.63, 3.8) is 0 Å². The number of carbonyl (C=O) groups excluding carboxylic acids is 1. The number of hydrogen-bond donors (Lipinski definition) is 2. The first-order valence-corrected chi connectivity index (χ1v) is 6.24. The molecule has 0 spiro atoms. The number of benzene rings is 1. The predicted octanol–water partition coefficient (Wildman–Crippen LogP) is 2.68. The maximum Gasteiger partial charge on any atom is 0.265 e. The highest BCUT2D eigenvalue weighted by Crippen LogP contribution is 2.41. The molecule has 1 aliphatic heterocycles. The van der Waals surface area contributed by atoms with Crippen LogP contribution in [0.15, 0.2) is 12.1 Å². The summed E-state index contributed by atoms with van der Waals surface area (Å²) >= 11 is 0. The summed E-state index contributed by atoms with van der Waals surface area (Å²) in [6, 6.07) is 3.66. The van der Waals surface area contributed by atoms with E-state index in [1.54, 1.807) is 6.07 Å². The largest absolute Gasteiger partial charge is 0.478 e. The van der Waals surface area contributed by atoms with Gasteiger partial charge in [0.2, 0.25) is 0 Å². The van der Waals surface area contributed by atoms with Crippen molar-refractivity contribution in [2.75, 3.05) is 11.1 Å². The van der Waals surface area contributed by atoms with Gasteiger partial charge in [-0.15, -0.1) is 0 Å².